The van der Waals surface area contributed by atoms with Gasteiger partial charge in [0.05, 0.1) is 35.0 Å². The number of thiazole rings is 1. The van der Waals surface area contributed by atoms with E-state index in [0.29, 0.717) is 37.5 Å². The number of likely N-dealkylation sites (tertiary alicyclic amines) is 1. The molecule has 0 radical (unpaired) electrons. The van der Waals surface area contributed by atoms with E-state index in [1.807, 2.05) is 86.1 Å². The van der Waals surface area contributed by atoms with Crippen LogP contribution in [0, 0.1) is 18.3 Å². The molecular formula is C44H50N10O5S. The van der Waals surface area contributed by atoms with Crippen LogP contribution in [-0.4, -0.2) is 83.1 Å². The van der Waals surface area contributed by atoms with Gasteiger partial charge in [0.2, 0.25) is 23.7 Å². The number of nitrogens with zero attached hydrogens (tertiary/aromatic N) is 6. The summed E-state index contributed by atoms with van der Waals surface area (Å²) in [5.74, 6) is 0.277. The van der Waals surface area contributed by atoms with E-state index >= 15 is 0 Å². The molecule has 2 fully saturated rings. The van der Waals surface area contributed by atoms with Gasteiger partial charge in [-0.15, -0.1) is 21.5 Å². The molecule has 3 atom stereocenters. The summed E-state index contributed by atoms with van der Waals surface area (Å²) in [6.07, 6.45) is 5.63. The van der Waals surface area contributed by atoms with Crippen molar-refractivity contribution >= 4 is 40.7 Å². The number of carbonyl (C=O) groups excluding carboxylic acids is 3. The molecule has 15 nitrogen and oxygen atoms in total. The largest absolute Gasteiger partial charge is 0.467 e. The van der Waals surface area contributed by atoms with Crippen molar-refractivity contribution in [2.45, 2.75) is 90.8 Å². The number of furan rings is 1. The van der Waals surface area contributed by atoms with E-state index in [2.05, 4.69) is 53.6 Å². The van der Waals surface area contributed by atoms with Crippen molar-refractivity contribution in [3.8, 4) is 21.6 Å². The van der Waals surface area contributed by atoms with Crippen LogP contribution >= 0.6 is 11.3 Å². The summed E-state index contributed by atoms with van der Waals surface area (Å²) < 4.78 is 7.23. The number of aliphatic hydroxyl groups excluding tert-OH is 1. The highest BCUT2D eigenvalue weighted by molar-refractivity contribution is 7.13. The lowest BCUT2D eigenvalue weighted by Crippen LogP contribution is -2.59. The van der Waals surface area contributed by atoms with E-state index < -0.39 is 23.6 Å². The Bertz CT molecular complexity index is 2440. The highest BCUT2D eigenvalue weighted by Gasteiger charge is 2.45. The zero-order valence-corrected chi connectivity index (χ0v) is 34.9. The summed E-state index contributed by atoms with van der Waals surface area (Å²) in [6, 6.07) is 18.3. The molecule has 16 heteroatoms. The summed E-state index contributed by atoms with van der Waals surface area (Å²) in [7, 11) is 0. The Hall–Kier alpha value is -5.97. The van der Waals surface area contributed by atoms with Crippen LogP contribution in [0.25, 0.3) is 27.2 Å². The van der Waals surface area contributed by atoms with Gasteiger partial charge in [0.15, 0.2) is 5.65 Å². The quantitative estimate of drug-likeness (QED) is 0.0981. The van der Waals surface area contributed by atoms with E-state index in [1.165, 1.54) is 4.90 Å². The minimum absolute atomic E-state index is 0.0252. The van der Waals surface area contributed by atoms with Crippen molar-refractivity contribution in [3.05, 3.63) is 108 Å². The Morgan fingerprint density at radius 2 is 1.67 bits per heavy atom. The molecule has 8 rings (SSSR count). The van der Waals surface area contributed by atoms with Crippen LogP contribution in [0.2, 0.25) is 0 Å². The third-order valence-corrected chi connectivity index (χ3v) is 12.4. The summed E-state index contributed by atoms with van der Waals surface area (Å²) in [5.41, 5.74) is 7.74. The molecule has 4 aromatic heterocycles. The number of hydrogen-bond acceptors (Lipinski definition) is 12. The Morgan fingerprint density at radius 1 is 0.933 bits per heavy atom. The van der Waals surface area contributed by atoms with Crippen LogP contribution < -0.4 is 21.3 Å². The van der Waals surface area contributed by atoms with Crippen LogP contribution in [0.3, 0.4) is 0 Å². The highest BCUT2D eigenvalue weighted by Crippen LogP contribution is 2.32. The molecule has 5 N–H and O–H groups in total. The maximum atomic E-state index is 14.1. The molecule has 312 valence electrons. The highest BCUT2D eigenvalue weighted by atomic mass is 32.1. The first kappa shape index (κ1) is 40.8. The predicted molar refractivity (Wildman–Crippen MR) is 227 cm³/mol. The fraction of sp³-hybridized carbons (Fsp3) is 0.386. The molecule has 0 spiro atoms. The van der Waals surface area contributed by atoms with Crippen molar-refractivity contribution in [1.29, 1.82) is 0 Å². The predicted octanol–water partition coefficient (Wildman–Crippen LogP) is 5.11. The number of nitrogens with one attached hydrogen (secondary N) is 4. The average Bonchev–Trinajstić information content (AvgIpc) is 4.06. The fourth-order valence-corrected chi connectivity index (χ4v) is 8.65. The Balaban J connectivity index is 0.818. The van der Waals surface area contributed by atoms with E-state index in [-0.39, 0.29) is 49.2 Å². The topological polar surface area (TPSA) is 192 Å². The van der Waals surface area contributed by atoms with E-state index in [4.69, 9.17) is 4.42 Å². The number of amides is 3. The first-order valence-electron chi connectivity index (χ1n) is 20.2. The monoisotopic (exact) mass is 830 g/mol. The zero-order chi connectivity index (χ0) is 42.0. The number of rotatable bonds is 14. The molecule has 0 bridgehead atoms. The lowest BCUT2D eigenvalue weighted by molar-refractivity contribution is -0.145. The van der Waals surface area contributed by atoms with Gasteiger partial charge in [-0.1, -0.05) is 69.3 Å². The fourth-order valence-electron chi connectivity index (χ4n) is 7.84. The summed E-state index contributed by atoms with van der Waals surface area (Å²) in [6.45, 7) is 9.09. The lowest BCUT2D eigenvalue weighted by Gasteiger charge is -2.39. The standard InChI is InChI=1S/C44H50N10O5S/c1-26-37(60-25-49-26)30-13-9-28(10-14-30)20-46-41(57)36-18-33(55)23-53(36)42(58)38(44(2,3)4)51-40(56)31-16-32(17-31)45-19-27-7-11-29(12-8-27)35-22-48-43(54-24-50-52-39(35)54)47-21-34-6-5-15-59-34/h5-15,22,24-25,31-33,36,38,45,55H,16-21,23H2,1-4H3,(H,46,57)(H,47,48)(H,51,56). The van der Waals surface area contributed by atoms with Gasteiger partial charge in [-0.05, 0) is 59.6 Å². The van der Waals surface area contributed by atoms with Crippen LogP contribution in [0.15, 0.2) is 89.4 Å². The van der Waals surface area contributed by atoms with Crippen molar-refractivity contribution in [2.75, 3.05) is 11.9 Å². The lowest BCUT2D eigenvalue weighted by atomic mass is 9.78. The van der Waals surface area contributed by atoms with E-state index in [0.717, 1.165) is 44.1 Å². The molecule has 1 aliphatic carbocycles. The zero-order valence-electron chi connectivity index (χ0n) is 34.1. The second kappa shape index (κ2) is 17.3. The number of aliphatic hydroxyl groups is 1. The van der Waals surface area contributed by atoms with Crippen LogP contribution in [0.1, 0.15) is 62.6 Å². The first-order valence-corrected chi connectivity index (χ1v) is 21.1. The third-order valence-electron chi connectivity index (χ3n) is 11.4. The third kappa shape index (κ3) is 8.95. The summed E-state index contributed by atoms with van der Waals surface area (Å²) >= 11 is 1.58. The molecule has 3 amide bonds. The second-order valence-corrected chi connectivity index (χ2v) is 17.6. The van der Waals surface area contributed by atoms with Crippen molar-refractivity contribution in [3.63, 3.8) is 0 Å². The number of anilines is 1. The minimum Gasteiger partial charge on any atom is -0.467 e. The van der Waals surface area contributed by atoms with Crippen molar-refractivity contribution < 1.29 is 23.9 Å². The first-order chi connectivity index (χ1) is 28.9. The number of aryl methyl sites for hydroxylation is 1. The molecular weight excluding hydrogens is 781 g/mol. The van der Waals surface area contributed by atoms with Crippen LogP contribution in [0.4, 0.5) is 5.95 Å². The van der Waals surface area contributed by atoms with Crippen molar-refractivity contribution in [1.82, 2.24) is 45.4 Å². The normalized spacial score (nSPS) is 19.5. The maximum absolute atomic E-state index is 14.1. The molecule has 1 aliphatic heterocycles. The molecule has 1 saturated heterocycles. The van der Waals surface area contributed by atoms with Crippen LogP contribution in [-0.2, 0) is 34.0 Å². The number of benzene rings is 2. The van der Waals surface area contributed by atoms with E-state index in [9.17, 15) is 19.5 Å². The maximum Gasteiger partial charge on any atom is 0.246 e. The van der Waals surface area contributed by atoms with Crippen molar-refractivity contribution in [2.24, 2.45) is 11.3 Å². The molecule has 60 heavy (non-hydrogen) atoms. The number of β-amino-alcohol motifs (C(OH)–C–C–N with tert-alkyl or cyclic N) is 1. The molecule has 3 unspecified atom stereocenters. The summed E-state index contributed by atoms with van der Waals surface area (Å²) in [5, 5.41) is 31.9. The minimum atomic E-state index is -0.873. The molecule has 6 aromatic rings. The number of aromatic nitrogens is 5. The van der Waals surface area contributed by atoms with Gasteiger partial charge in [-0.25, -0.2) is 9.97 Å². The van der Waals surface area contributed by atoms with Gasteiger partial charge < -0.3 is 35.7 Å². The molecule has 5 heterocycles. The van der Waals surface area contributed by atoms with Gasteiger partial charge in [-0.3, -0.25) is 18.8 Å². The number of hydrogen-bond donors (Lipinski definition) is 5. The number of fused-ring (bicyclic) bond motifs is 1. The molecule has 2 aliphatic rings. The average molecular weight is 831 g/mol. The van der Waals surface area contributed by atoms with Gasteiger partial charge in [-0.2, -0.15) is 0 Å². The second-order valence-electron chi connectivity index (χ2n) is 16.8. The van der Waals surface area contributed by atoms with Gasteiger partial charge in [0, 0.05) is 49.8 Å². The van der Waals surface area contributed by atoms with Crippen LogP contribution in [0.5, 0.6) is 0 Å². The summed E-state index contributed by atoms with van der Waals surface area (Å²) in [4.78, 5) is 52.7. The number of carbonyl (C=O) groups is 3. The van der Waals surface area contributed by atoms with Gasteiger partial charge in [0.25, 0.3) is 0 Å². The SMILES string of the molecule is Cc1ncsc1-c1ccc(CNC(=O)C2CC(O)CN2C(=O)C(NC(=O)C2CC(NCc3ccc(-c4cnc(NCc5ccco5)n5cnnc45)cc3)C2)C(C)(C)C)cc1. The Labute approximate surface area is 352 Å². The Morgan fingerprint density at radius 3 is 2.35 bits per heavy atom. The molecule has 2 aromatic carbocycles. The smallest absolute Gasteiger partial charge is 0.246 e. The Kier molecular flexibility index (Phi) is 11.8. The van der Waals surface area contributed by atoms with Gasteiger partial charge >= 0.3 is 0 Å². The molecule has 1 saturated carbocycles. The van der Waals surface area contributed by atoms with E-state index in [1.54, 1.807) is 30.1 Å². The van der Waals surface area contributed by atoms with Gasteiger partial charge in [0.1, 0.15) is 24.2 Å².